The van der Waals surface area contributed by atoms with Gasteiger partial charge in [0, 0.05) is 5.69 Å². The van der Waals surface area contributed by atoms with Crippen LogP contribution < -0.4 is 0 Å². The van der Waals surface area contributed by atoms with Crippen molar-refractivity contribution in [2.75, 3.05) is 0 Å². The van der Waals surface area contributed by atoms with E-state index in [1.165, 1.54) is 6.33 Å². The Morgan fingerprint density at radius 1 is 1.35 bits per heavy atom. The van der Waals surface area contributed by atoms with Gasteiger partial charge in [-0.05, 0) is 19.1 Å². The molecule has 100 valence electrons. The second kappa shape index (κ2) is 4.57. The van der Waals surface area contributed by atoms with E-state index in [-0.39, 0.29) is 23.1 Å². The lowest BCUT2D eigenvalue weighted by Crippen LogP contribution is -1.99. The molecule has 0 saturated heterocycles. The summed E-state index contributed by atoms with van der Waals surface area (Å²) in [6.07, 6.45) is 1.26. The van der Waals surface area contributed by atoms with Gasteiger partial charge in [-0.3, -0.25) is 0 Å². The van der Waals surface area contributed by atoms with Crippen LogP contribution in [0.3, 0.4) is 0 Å². The third-order valence-corrected chi connectivity index (χ3v) is 2.60. The van der Waals surface area contributed by atoms with Crippen LogP contribution in [0.15, 0.2) is 29.0 Å². The number of aromatic carboxylic acids is 1. The van der Waals surface area contributed by atoms with E-state index in [2.05, 4.69) is 25.1 Å². The van der Waals surface area contributed by atoms with Crippen LogP contribution in [0.4, 0.5) is 0 Å². The van der Waals surface area contributed by atoms with E-state index < -0.39 is 5.97 Å². The third-order valence-electron chi connectivity index (χ3n) is 2.60. The fourth-order valence-corrected chi connectivity index (χ4v) is 1.72. The maximum atomic E-state index is 11.0. The average Bonchev–Trinajstić information content (AvgIpc) is 3.07. The standard InChI is InChI=1S/C12H9N5O3/c1-6-3-2-4-7(15-6)10-16-11(20-17-10)8-9(12(18)19)14-5-13-8/h2-5H,1H3,(H,13,14)(H,18,19). The van der Waals surface area contributed by atoms with Crippen LogP contribution in [0, 0.1) is 6.92 Å². The van der Waals surface area contributed by atoms with Crippen molar-refractivity contribution in [2.24, 2.45) is 0 Å². The third kappa shape index (κ3) is 2.03. The zero-order chi connectivity index (χ0) is 14.1. The summed E-state index contributed by atoms with van der Waals surface area (Å²) in [7, 11) is 0. The summed E-state index contributed by atoms with van der Waals surface area (Å²) < 4.78 is 5.06. The topological polar surface area (TPSA) is 118 Å². The highest BCUT2D eigenvalue weighted by Gasteiger charge is 2.20. The second-order valence-corrected chi connectivity index (χ2v) is 4.02. The largest absolute Gasteiger partial charge is 0.476 e. The van der Waals surface area contributed by atoms with E-state index in [1.54, 1.807) is 6.07 Å². The van der Waals surface area contributed by atoms with Gasteiger partial charge in [-0.15, -0.1) is 0 Å². The fraction of sp³-hybridized carbons (Fsp3) is 0.0833. The number of H-pyrrole nitrogens is 1. The summed E-state index contributed by atoms with van der Waals surface area (Å²) in [5.74, 6) is -0.831. The van der Waals surface area contributed by atoms with Crippen molar-refractivity contribution in [1.29, 1.82) is 0 Å². The van der Waals surface area contributed by atoms with Gasteiger partial charge in [0.1, 0.15) is 11.4 Å². The number of nitrogens with zero attached hydrogens (tertiary/aromatic N) is 4. The molecule has 0 unspecified atom stereocenters. The monoisotopic (exact) mass is 271 g/mol. The number of aryl methyl sites for hydroxylation is 1. The van der Waals surface area contributed by atoms with E-state index in [0.29, 0.717) is 5.69 Å². The molecule has 0 bridgehead atoms. The molecule has 0 amide bonds. The highest BCUT2D eigenvalue weighted by molar-refractivity contribution is 5.91. The Hall–Kier alpha value is -3.03. The molecule has 0 aliphatic heterocycles. The second-order valence-electron chi connectivity index (χ2n) is 4.02. The van der Waals surface area contributed by atoms with Crippen LogP contribution in [0.1, 0.15) is 16.2 Å². The number of hydrogen-bond acceptors (Lipinski definition) is 6. The fourth-order valence-electron chi connectivity index (χ4n) is 1.72. The quantitative estimate of drug-likeness (QED) is 0.741. The van der Waals surface area contributed by atoms with Crippen molar-refractivity contribution >= 4 is 5.97 Å². The molecule has 20 heavy (non-hydrogen) atoms. The van der Waals surface area contributed by atoms with E-state index in [9.17, 15) is 4.79 Å². The lowest BCUT2D eigenvalue weighted by molar-refractivity contribution is 0.0691. The van der Waals surface area contributed by atoms with Crippen LogP contribution in [0.25, 0.3) is 23.1 Å². The Morgan fingerprint density at radius 2 is 2.20 bits per heavy atom. The van der Waals surface area contributed by atoms with Crippen LogP contribution in [0.2, 0.25) is 0 Å². The van der Waals surface area contributed by atoms with Gasteiger partial charge in [-0.25, -0.2) is 14.8 Å². The molecule has 0 aromatic carbocycles. The number of aromatic amines is 1. The maximum Gasteiger partial charge on any atom is 0.356 e. The van der Waals surface area contributed by atoms with Crippen molar-refractivity contribution in [3.63, 3.8) is 0 Å². The molecule has 0 spiro atoms. The molecule has 2 N–H and O–H groups in total. The first-order valence-corrected chi connectivity index (χ1v) is 5.70. The predicted octanol–water partition coefficient (Wildman–Crippen LogP) is 1.53. The molecule has 3 heterocycles. The van der Waals surface area contributed by atoms with Gasteiger partial charge in [0.05, 0.1) is 6.33 Å². The Bertz CT molecular complexity index is 777. The Labute approximate surface area is 112 Å². The number of nitrogens with one attached hydrogen (secondary N) is 1. The van der Waals surface area contributed by atoms with Crippen molar-refractivity contribution in [1.82, 2.24) is 25.1 Å². The zero-order valence-corrected chi connectivity index (χ0v) is 10.4. The molecule has 0 atom stereocenters. The number of aromatic nitrogens is 5. The van der Waals surface area contributed by atoms with E-state index in [4.69, 9.17) is 9.63 Å². The first kappa shape index (κ1) is 12.0. The van der Waals surface area contributed by atoms with Gasteiger partial charge in [0.2, 0.25) is 5.82 Å². The lowest BCUT2D eigenvalue weighted by Gasteiger charge is -1.94. The number of carboxylic acid groups (broad SMARTS) is 1. The Kier molecular flexibility index (Phi) is 2.75. The molecular formula is C12H9N5O3. The predicted molar refractivity (Wildman–Crippen MR) is 66.8 cm³/mol. The summed E-state index contributed by atoms with van der Waals surface area (Å²) in [6.45, 7) is 1.85. The number of pyridine rings is 1. The molecule has 3 aromatic rings. The smallest absolute Gasteiger partial charge is 0.356 e. The van der Waals surface area contributed by atoms with Gasteiger partial charge in [0.25, 0.3) is 5.89 Å². The highest BCUT2D eigenvalue weighted by atomic mass is 16.5. The molecule has 8 nitrogen and oxygen atoms in total. The van der Waals surface area contributed by atoms with Crippen LogP contribution in [-0.2, 0) is 0 Å². The zero-order valence-electron chi connectivity index (χ0n) is 10.4. The van der Waals surface area contributed by atoms with Crippen molar-refractivity contribution in [3.8, 4) is 23.1 Å². The van der Waals surface area contributed by atoms with Crippen molar-refractivity contribution in [3.05, 3.63) is 35.9 Å². The summed E-state index contributed by atoms with van der Waals surface area (Å²) in [4.78, 5) is 25.8. The van der Waals surface area contributed by atoms with Crippen LogP contribution >= 0.6 is 0 Å². The van der Waals surface area contributed by atoms with Gasteiger partial charge in [-0.1, -0.05) is 11.2 Å². The maximum absolute atomic E-state index is 11.0. The molecule has 3 rings (SSSR count). The Balaban J connectivity index is 2.02. The molecule has 0 aliphatic carbocycles. The molecular weight excluding hydrogens is 262 g/mol. The minimum Gasteiger partial charge on any atom is -0.476 e. The number of carboxylic acids is 1. The van der Waals surface area contributed by atoms with Gasteiger partial charge in [-0.2, -0.15) is 4.98 Å². The van der Waals surface area contributed by atoms with Crippen LogP contribution in [0.5, 0.6) is 0 Å². The SMILES string of the molecule is Cc1cccc(-c2noc(-c3[nH]cnc3C(=O)O)n2)n1. The van der Waals surface area contributed by atoms with E-state index in [1.807, 2.05) is 19.1 Å². The minimum absolute atomic E-state index is 0.0539. The number of imidazole rings is 1. The molecule has 0 saturated carbocycles. The highest BCUT2D eigenvalue weighted by Crippen LogP contribution is 2.21. The molecule has 3 aromatic heterocycles. The van der Waals surface area contributed by atoms with Crippen molar-refractivity contribution < 1.29 is 14.4 Å². The van der Waals surface area contributed by atoms with Gasteiger partial charge in [0.15, 0.2) is 5.69 Å². The number of hydrogen-bond donors (Lipinski definition) is 2. The molecule has 0 radical (unpaired) electrons. The van der Waals surface area contributed by atoms with E-state index >= 15 is 0 Å². The lowest BCUT2D eigenvalue weighted by atomic mass is 10.3. The first-order valence-electron chi connectivity index (χ1n) is 5.70. The average molecular weight is 271 g/mol. The number of carbonyl (C=O) groups is 1. The summed E-state index contributed by atoms with van der Waals surface area (Å²) in [5, 5.41) is 12.8. The summed E-state index contributed by atoms with van der Waals surface area (Å²) >= 11 is 0. The van der Waals surface area contributed by atoms with E-state index in [0.717, 1.165) is 5.69 Å². The summed E-state index contributed by atoms with van der Waals surface area (Å²) in [5.41, 5.74) is 1.37. The normalized spacial score (nSPS) is 10.7. The number of rotatable bonds is 3. The molecule has 8 heteroatoms. The molecule has 0 aliphatic rings. The Morgan fingerprint density at radius 3 is 2.95 bits per heavy atom. The van der Waals surface area contributed by atoms with Crippen molar-refractivity contribution in [2.45, 2.75) is 6.92 Å². The minimum atomic E-state index is -1.17. The van der Waals surface area contributed by atoms with Gasteiger partial charge < -0.3 is 14.6 Å². The summed E-state index contributed by atoms with van der Waals surface area (Å²) in [6, 6.07) is 5.42. The van der Waals surface area contributed by atoms with Crippen LogP contribution in [-0.4, -0.2) is 36.2 Å². The van der Waals surface area contributed by atoms with Gasteiger partial charge >= 0.3 is 5.97 Å². The first-order chi connectivity index (χ1) is 9.65. The molecule has 0 fully saturated rings.